The monoisotopic (exact) mass is 598 g/mol. The Bertz CT molecular complexity index is 1540. The maximum atomic E-state index is 14.3. The van der Waals surface area contributed by atoms with Crippen LogP contribution in [0.15, 0.2) is 49.1 Å². The number of carbonyl (C=O) groups excluding carboxylic acids is 3. The molecule has 218 valence electrons. The molecule has 9 nitrogen and oxygen atoms in total. The number of likely N-dealkylation sites (tertiary alicyclic amines) is 1. The summed E-state index contributed by atoms with van der Waals surface area (Å²) in [6, 6.07) is 5.26. The Balaban J connectivity index is 1.11. The van der Waals surface area contributed by atoms with Gasteiger partial charge < -0.3 is 15.1 Å². The molecule has 2 aromatic heterocycles. The molecule has 2 fully saturated rings. The Kier molecular flexibility index (Phi) is 7.34. The van der Waals surface area contributed by atoms with Crippen molar-refractivity contribution >= 4 is 35.0 Å². The van der Waals surface area contributed by atoms with Gasteiger partial charge in [0.1, 0.15) is 22.6 Å². The van der Waals surface area contributed by atoms with Gasteiger partial charge in [-0.2, -0.15) is 0 Å². The van der Waals surface area contributed by atoms with Gasteiger partial charge in [0, 0.05) is 44.3 Å². The number of benzene rings is 1. The van der Waals surface area contributed by atoms with Crippen molar-refractivity contribution in [3.63, 3.8) is 0 Å². The third-order valence-electron chi connectivity index (χ3n) is 8.37. The minimum Gasteiger partial charge on any atom is -0.349 e. The molecule has 0 atom stereocenters. The second kappa shape index (κ2) is 11.0. The maximum Gasteiger partial charge on any atom is 0.281 e. The second-order valence-corrected chi connectivity index (χ2v) is 11.4. The van der Waals surface area contributed by atoms with E-state index in [4.69, 9.17) is 11.6 Å². The number of pyridine rings is 1. The highest BCUT2D eigenvalue weighted by Crippen LogP contribution is 2.48. The zero-order valence-corrected chi connectivity index (χ0v) is 23.0. The van der Waals surface area contributed by atoms with Crippen LogP contribution in [0, 0.1) is 11.7 Å². The molecule has 1 aliphatic carbocycles. The first-order chi connectivity index (χ1) is 20.2. The molecule has 3 amide bonds. The van der Waals surface area contributed by atoms with Crippen molar-refractivity contribution in [1.29, 1.82) is 0 Å². The van der Waals surface area contributed by atoms with E-state index in [-0.39, 0.29) is 53.1 Å². The van der Waals surface area contributed by atoms with E-state index >= 15 is 0 Å². The van der Waals surface area contributed by atoms with Gasteiger partial charge in [-0.15, -0.1) is 0 Å². The molecular weight excluding hydrogens is 573 g/mol. The molecule has 1 N–H and O–H groups in total. The van der Waals surface area contributed by atoms with Crippen molar-refractivity contribution in [1.82, 2.24) is 25.2 Å². The average molecular weight is 599 g/mol. The summed E-state index contributed by atoms with van der Waals surface area (Å²) in [4.78, 5) is 54.2. The van der Waals surface area contributed by atoms with E-state index in [9.17, 15) is 27.6 Å². The number of fused-ring (bicyclic) bond motifs is 2. The summed E-state index contributed by atoms with van der Waals surface area (Å²) >= 11 is 5.88. The van der Waals surface area contributed by atoms with Gasteiger partial charge in [0.15, 0.2) is 0 Å². The van der Waals surface area contributed by atoms with Crippen molar-refractivity contribution < 1.29 is 27.6 Å². The van der Waals surface area contributed by atoms with Gasteiger partial charge in [0.05, 0.1) is 22.5 Å². The molecule has 0 unspecified atom stereocenters. The first-order valence-corrected chi connectivity index (χ1v) is 14.0. The first kappa shape index (κ1) is 28.1. The number of rotatable bonds is 6. The van der Waals surface area contributed by atoms with Gasteiger partial charge in [-0.3, -0.25) is 24.4 Å². The van der Waals surface area contributed by atoms with Crippen LogP contribution in [0.25, 0.3) is 0 Å². The quantitative estimate of drug-likeness (QED) is 0.453. The Morgan fingerprint density at radius 1 is 1.07 bits per heavy atom. The van der Waals surface area contributed by atoms with E-state index < -0.39 is 29.3 Å². The van der Waals surface area contributed by atoms with Gasteiger partial charge in [-0.25, -0.2) is 18.2 Å². The summed E-state index contributed by atoms with van der Waals surface area (Å²) in [5.74, 6) is -1.53. The standard InChI is InChI=1S/C29H26ClF3N6O3/c30-17-9-20(24(25(32)33)36-11-17)26(40)37-19-4-1-16(2-5-19)13-39-23-10-18(31)3-6-21(23)29(28(39)42)14-38(15-29)27(41)22-12-34-7-8-35-22/h3,6-12,16,19,25H,1-2,4-5,13-15H2,(H,37,40). The van der Waals surface area contributed by atoms with E-state index in [0.717, 1.165) is 6.20 Å². The molecule has 0 radical (unpaired) electrons. The van der Waals surface area contributed by atoms with Crippen LogP contribution in [0.1, 0.15) is 64.2 Å². The predicted octanol–water partition coefficient (Wildman–Crippen LogP) is 4.33. The SMILES string of the molecule is O=C(NC1CCC(CN2C(=O)C3(CN(C(=O)c4cnccn4)C3)c3ccc(F)cc32)CC1)c1cc(Cl)cnc1C(F)F. The fourth-order valence-corrected chi connectivity index (χ4v) is 6.40. The number of carbonyl (C=O) groups is 3. The molecule has 1 saturated carbocycles. The lowest BCUT2D eigenvalue weighted by molar-refractivity contribution is -0.128. The molecule has 13 heteroatoms. The van der Waals surface area contributed by atoms with Crippen LogP contribution < -0.4 is 10.2 Å². The number of hydrogen-bond acceptors (Lipinski definition) is 6. The molecule has 0 bridgehead atoms. The van der Waals surface area contributed by atoms with E-state index in [1.165, 1.54) is 36.8 Å². The number of aromatic nitrogens is 3. The summed E-state index contributed by atoms with van der Waals surface area (Å²) in [5.41, 5.74) is -0.420. The number of alkyl halides is 2. The van der Waals surface area contributed by atoms with Gasteiger partial charge >= 0.3 is 0 Å². The van der Waals surface area contributed by atoms with E-state index in [1.54, 1.807) is 15.9 Å². The first-order valence-electron chi connectivity index (χ1n) is 13.6. The van der Waals surface area contributed by atoms with Gasteiger partial charge in [-0.1, -0.05) is 17.7 Å². The van der Waals surface area contributed by atoms with Gasteiger partial charge in [-0.05, 0) is 55.4 Å². The van der Waals surface area contributed by atoms with Crippen molar-refractivity contribution in [3.8, 4) is 0 Å². The molecule has 1 spiro atoms. The van der Waals surface area contributed by atoms with Crippen molar-refractivity contribution in [3.05, 3.63) is 82.4 Å². The molecule has 3 aliphatic rings. The zero-order valence-electron chi connectivity index (χ0n) is 22.3. The van der Waals surface area contributed by atoms with E-state index in [0.29, 0.717) is 43.5 Å². The zero-order chi connectivity index (χ0) is 29.6. The van der Waals surface area contributed by atoms with Crippen molar-refractivity contribution in [2.24, 2.45) is 5.92 Å². The van der Waals surface area contributed by atoms with Crippen LogP contribution in [0.3, 0.4) is 0 Å². The molecule has 1 saturated heterocycles. The smallest absolute Gasteiger partial charge is 0.281 e. The third kappa shape index (κ3) is 4.97. The molecule has 4 heterocycles. The van der Waals surface area contributed by atoms with Gasteiger partial charge in [0.2, 0.25) is 5.91 Å². The lowest BCUT2D eigenvalue weighted by Crippen LogP contribution is -2.65. The van der Waals surface area contributed by atoms with Crippen LogP contribution in [0.2, 0.25) is 5.02 Å². The summed E-state index contributed by atoms with van der Waals surface area (Å²) in [6.07, 6.45) is 4.93. The van der Waals surface area contributed by atoms with Crippen molar-refractivity contribution in [2.45, 2.75) is 43.6 Å². The fraction of sp³-hybridized carbons (Fsp3) is 0.379. The highest BCUT2D eigenvalue weighted by Gasteiger charge is 2.59. The predicted molar refractivity (Wildman–Crippen MR) is 146 cm³/mol. The van der Waals surface area contributed by atoms with Crippen molar-refractivity contribution in [2.75, 3.05) is 24.5 Å². The number of nitrogens with one attached hydrogen (secondary N) is 1. The second-order valence-electron chi connectivity index (χ2n) is 11.0. The van der Waals surface area contributed by atoms with Crippen LogP contribution >= 0.6 is 11.6 Å². The Morgan fingerprint density at radius 2 is 1.83 bits per heavy atom. The summed E-state index contributed by atoms with van der Waals surface area (Å²) in [5, 5.41) is 2.90. The summed E-state index contributed by atoms with van der Waals surface area (Å²) in [6.45, 7) is 0.686. The number of hydrogen-bond donors (Lipinski definition) is 1. The Labute approximate surface area is 244 Å². The largest absolute Gasteiger partial charge is 0.349 e. The maximum absolute atomic E-state index is 14.3. The van der Waals surface area contributed by atoms with E-state index in [1.807, 2.05) is 0 Å². The topological polar surface area (TPSA) is 108 Å². The fourth-order valence-electron chi connectivity index (χ4n) is 6.24. The normalized spacial score (nSPS) is 20.9. The highest BCUT2D eigenvalue weighted by atomic mass is 35.5. The highest BCUT2D eigenvalue weighted by molar-refractivity contribution is 6.30. The number of halogens is 4. The summed E-state index contributed by atoms with van der Waals surface area (Å²) < 4.78 is 41.1. The van der Waals surface area contributed by atoms with Crippen LogP contribution in [-0.2, 0) is 10.2 Å². The lowest BCUT2D eigenvalue weighted by Gasteiger charge is -2.46. The van der Waals surface area contributed by atoms with E-state index in [2.05, 4.69) is 20.3 Å². The van der Waals surface area contributed by atoms with Crippen LogP contribution in [0.5, 0.6) is 0 Å². The molecule has 6 rings (SSSR count). The Morgan fingerprint density at radius 3 is 2.52 bits per heavy atom. The molecule has 3 aromatic rings. The van der Waals surface area contributed by atoms with Gasteiger partial charge in [0.25, 0.3) is 18.2 Å². The summed E-state index contributed by atoms with van der Waals surface area (Å²) in [7, 11) is 0. The molecule has 1 aromatic carbocycles. The Hall–Kier alpha value is -4.06. The average Bonchev–Trinajstić information content (AvgIpc) is 3.20. The third-order valence-corrected chi connectivity index (χ3v) is 8.58. The minimum atomic E-state index is -2.92. The minimum absolute atomic E-state index is 0.0789. The lowest BCUT2D eigenvalue weighted by atomic mass is 9.74. The van der Waals surface area contributed by atoms with Crippen LogP contribution in [0.4, 0.5) is 18.9 Å². The number of anilines is 1. The molecular formula is C29H26ClF3N6O3. The van der Waals surface area contributed by atoms with Crippen LogP contribution in [-0.4, -0.2) is 63.2 Å². The number of amides is 3. The molecule has 2 aliphatic heterocycles. The molecule has 42 heavy (non-hydrogen) atoms. The number of nitrogens with zero attached hydrogens (tertiary/aromatic N) is 5.